The molecule has 0 aliphatic rings. The highest BCUT2D eigenvalue weighted by Gasteiger charge is 2.06. The molecule has 0 saturated carbocycles. The minimum absolute atomic E-state index is 0.625. The molecule has 0 amide bonds. The molecule has 0 radical (unpaired) electrons. The smallest absolute Gasteiger partial charge is 0.130 e. The number of aromatic nitrogens is 1. The van der Waals surface area contributed by atoms with E-state index in [-0.39, 0.29) is 0 Å². The van der Waals surface area contributed by atoms with Crippen molar-refractivity contribution in [3.63, 3.8) is 0 Å². The molecule has 0 aliphatic heterocycles. The first-order valence-electron chi connectivity index (χ1n) is 5.93. The van der Waals surface area contributed by atoms with Gasteiger partial charge in [-0.25, -0.2) is 4.98 Å². The predicted molar refractivity (Wildman–Crippen MR) is 77.2 cm³/mol. The summed E-state index contributed by atoms with van der Waals surface area (Å²) in [5.74, 6) is 0.788. The van der Waals surface area contributed by atoms with E-state index in [9.17, 15) is 0 Å². The van der Waals surface area contributed by atoms with E-state index < -0.39 is 0 Å². The number of pyridine rings is 1. The molecule has 19 heavy (non-hydrogen) atoms. The highest BCUT2D eigenvalue weighted by molar-refractivity contribution is 6.30. The Morgan fingerprint density at radius 2 is 2.11 bits per heavy atom. The maximum absolute atomic E-state index is 8.98. The third-order valence-electron chi connectivity index (χ3n) is 2.77. The van der Waals surface area contributed by atoms with Gasteiger partial charge in [-0.1, -0.05) is 23.7 Å². The zero-order valence-electron chi connectivity index (χ0n) is 10.9. The summed E-state index contributed by atoms with van der Waals surface area (Å²) in [6.07, 6.45) is 0. The number of benzene rings is 1. The van der Waals surface area contributed by atoms with Crippen LogP contribution in [0.5, 0.6) is 0 Å². The van der Waals surface area contributed by atoms with Crippen molar-refractivity contribution in [2.24, 2.45) is 0 Å². The van der Waals surface area contributed by atoms with Crippen molar-refractivity contribution in [1.29, 1.82) is 5.26 Å². The molecule has 2 aromatic rings. The summed E-state index contributed by atoms with van der Waals surface area (Å²) in [5, 5.41) is 9.70. The average Bonchev–Trinajstić information content (AvgIpc) is 2.38. The molecule has 0 unspecified atom stereocenters. The average molecular weight is 272 g/mol. The molecule has 1 aromatic carbocycles. The highest BCUT2D eigenvalue weighted by atomic mass is 35.5. The van der Waals surface area contributed by atoms with Crippen molar-refractivity contribution in [1.82, 2.24) is 4.98 Å². The van der Waals surface area contributed by atoms with Gasteiger partial charge < -0.3 is 4.90 Å². The van der Waals surface area contributed by atoms with Gasteiger partial charge in [0.2, 0.25) is 0 Å². The minimum Gasteiger partial charge on any atom is -0.355 e. The molecule has 1 aromatic heterocycles. The van der Waals surface area contributed by atoms with Crippen molar-refractivity contribution >= 4 is 17.4 Å². The van der Waals surface area contributed by atoms with E-state index in [1.807, 2.05) is 43.1 Å². The Morgan fingerprint density at radius 1 is 1.32 bits per heavy atom. The summed E-state index contributed by atoms with van der Waals surface area (Å²) in [6.45, 7) is 2.58. The number of hydrogen-bond donors (Lipinski definition) is 0. The van der Waals surface area contributed by atoms with Gasteiger partial charge in [-0.3, -0.25) is 0 Å². The van der Waals surface area contributed by atoms with Gasteiger partial charge in [0, 0.05) is 24.3 Å². The van der Waals surface area contributed by atoms with Gasteiger partial charge in [0.05, 0.1) is 11.6 Å². The molecule has 3 nitrogen and oxygen atoms in total. The quantitative estimate of drug-likeness (QED) is 0.857. The molecule has 0 aliphatic carbocycles. The van der Waals surface area contributed by atoms with Crippen molar-refractivity contribution in [3.05, 3.63) is 58.2 Å². The van der Waals surface area contributed by atoms with Crippen LogP contribution in [-0.4, -0.2) is 12.0 Å². The fourth-order valence-corrected chi connectivity index (χ4v) is 2.11. The first-order valence-corrected chi connectivity index (χ1v) is 6.30. The molecule has 1 heterocycles. The van der Waals surface area contributed by atoms with Crippen molar-refractivity contribution in [3.8, 4) is 6.07 Å². The standard InChI is InChI=1S/C15H14ClN3/c1-11-6-13(9-17)8-15(18-11)19(2)10-12-4-3-5-14(16)7-12/h3-8H,10H2,1-2H3. The lowest BCUT2D eigenvalue weighted by atomic mass is 10.2. The topological polar surface area (TPSA) is 39.9 Å². The maximum atomic E-state index is 8.98. The van der Waals surface area contributed by atoms with Crippen LogP contribution in [0.3, 0.4) is 0 Å². The van der Waals surface area contributed by atoms with Crippen LogP contribution in [0.25, 0.3) is 0 Å². The SMILES string of the molecule is Cc1cc(C#N)cc(N(C)Cc2cccc(Cl)c2)n1. The number of nitrogens with zero attached hydrogens (tertiary/aromatic N) is 3. The second-order valence-corrected chi connectivity index (χ2v) is 4.89. The highest BCUT2D eigenvalue weighted by Crippen LogP contribution is 2.17. The zero-order chi connectivity index (χ0) is 13.8. The van der Waals surface area contributed by atoms with E-state index in [0.717, 1.165) is 22.1 Å². The lowest BCUT2D eigenvalue weighted by molar-refractivity contribution is 0.891. The van der Waals surface area contributed by atoms with Gasteiger partial charge >= 0.3 is 0 Å². The number of aryl methyl sites for hydroxylation is 1. The van der Waals surface area contributed by atoms with E-state index in [4.69, 9.17) is 16.9 Å². The summed E-state index contributed by atoms with van der Waals surface area (Å²) in [4.78, 5) is 6.44. The van der Waals surface area contributed by atoms with Gasteiger partial charge in [-0.15, -0.1) is 0 Å². The fourth-order valence-electron chi connectivity index (χ4n) is 1.90. The molecule has 2 rings (SSSR count). The predicted octanol–water partition coefficient (Wildman–Crippen LogP) is 3.55. The number of anilines is 1. The van der Waals surface area contributed by atoms with Crippen LogP contribution in [0.15, 0.2) is 36.4 Å². The molecule has 0 fully saturated rings. The van der Waals surface area contributed by atoms with Gasteiger partial charge in [0.25, 0.3) is 0 Å². The summed E-state index contributed by atoms with van der Waals surface area (Å²) in [5.41, 5.74) is 2.57. The molecular weight excluding hydrogens is 258 g/mol. The monoisotopic (exact) mass is 271 g/mol. The van der Waals surface area contributed by atoms with Gasteiger partial charge in [-0.2, -0.15) is 5.26 Å². The lowest BCUT2D eigenvalue weighted by Gasteiger charge is -2.19. The largest absolute Gasteiger partial charge is 0.355 e. The van der Waals surface area contributed by atoms with Crippen LogP contribution >= 0.6 is 11.6 Å². The van der Waals surface area contributed by atoms with E-state index >= 15 is 0 Å². The van der Waals surface area contributed by atoms with Crippen LogP contribution in [0.1, 0.15) is 16.8 Å². The van der Waals surface area contributed by atoms with Crippen LogP contribution < -0.4 is 4.90 Å². The first-order chi connectivity index (χ1) is 9.08. The molecule has 4 heteroatoms. The summed E-state index contributed by atoms with van der Waals surface area (Å²) in [6, 6.07) is 13.4. The fraction of sp³-hybridized carbons (Fsp3) is 0.200. The first kappa shape index (κ1) is 13.4. The Bertz CT molecular complexity index is 632. The summed E-state index contributed by atoms with van der Waals surface area (Å²) in [7, 11) is 1.95. The van der Waals surface area contributed by atoms with Crippen molar-refractivity contribution in [2.75, 3.05) is 11.9 Å². The van der Waals surface area contributed by atoms with E-state index in [1.54, 1.807) is 12.1 Å². The number of hydrogen-bond acceptors (Lipinski definition) is 3. The molecule has 0 saturated heterocycles. The summed E-state index contributed by atoms with van der Waals surface area (Å²) < 4.78 is 0. The minimum atomic E-state index is 0.625. The third kappa shape index (κ3) is 3.46. The van der Waals surface area contributed by atoms with Crippen molar-refractivity contribution in [2.45, 2.75) is 13.5 Å². The van der Waals surface area contributed by atoms with Crippen LogP contribution in [0, 0.1) is 18.3 Å². The van der Waals surface area contributed by atoms with Gasteiger partial charge in [-0.05, 0) is 36.8 Å². The molecule has 0 atom stereocenters. The number of nitriles is 1. The normalized spacial score (nSPS) is 10.0. The van der Waals surface area contributed by atoms with Crippen LogP contribution in [0.2, 0.25) is 5.02 Å². The Morgan fingerprint density at radius 3 is 2.79 bits per heavy atom. The van der Waals surface area contributed by atoms with E-state index in [0.29, 0.717) is 12.1 Å². The molecule has 96 valence electrons. The second kappa shape index (κ2) is 5.73. The molecular formula is C15H14ClN3. The zero-order valence-corrected chi connectivity index (χ0v) is 11.6. The van der Waals surface area contributed by atoms with Crippen molar-refractivity contribution < 1.29 is 0 Å². The van der Waals surface area contributed by atoms with Crippen LogP contribution in [-0.2, 0) is 6.54 Å². The second-order valence-electron chi connectivity index (χ2n) is 4.45. The number of rotatable bonds is 3. The van der Waals surface area contributed by atoms with Crippen LogP contribution in [0.4, 0.5) is 5.82 Å². The Balaban J connectivity index is 2.23. The van der Waals surface area contributed by atoms with Gasteiger partial charge in [0.15, 0.2) is 0 Å². The Kier molecular flexibility index (Phi) is 4.03. The Hall–Kier alpha value is -2.05. The molecule has 0 spiro atoms. The maximum Gasteiger partial charge on any atom is 0.130 e. The van der Waals surface area contributed by atoms with Gasteiger partial charge in [0.1, 0.15) is 5.82 Å². The molecule has 0 bridgehead atoms. The Labute approximate surface area is 118 Å². The number of halogens is 1. The summed E-state index contributed by atoms with van der Waals surface area (Å²) >= 11 is 5.97. The lowest BCUT2D eigenvalue weighted by Crippen LogP contribution is -2.18. The van der Waals surface area contributed by atoms with E-state index in [2.05, 4.69) is 11.1 Å². The molecule has 0 N–H and O–H groups in total. The third-order valence-corrected chi connectivity index (χ3v) is 3.00. The van der Waals surface area contributed by atoms with E-state index in [1.165, 1.54) is 0 Å².